The second-order valence-corrected chi connectivity index (χ2v) is 16.0. The van der Waals surface area contributed by atoms with Gasteiger partial charge >= 0.3 is 0 Å². The predicted octanol–water partition coefficient (Wildman–Crippen LogP) is 5.03. The highest BCUT2D eigenvalue weighted by molar-refractivity contribution is 6.11. The van der Waals surface area contributed by atoms with Crippen LogP contribution in [0.4, 0.5) is 0 Å². The molecule has 4 heterocycles. The molecule has 4 unspecified atom stereocenters. The zero-order chi connectivity index (χ0) is 34.9. The Morgan fingerprint density at radius 1 is 0.725 bits per heavy atom. The number of rotatable bonds is 6. The molecule has 51 heavy (non-hydrogen) atoms. The number of aliphatic hydroxyl groups excluding tert-OH is 2. The van der Waals surface area contributed by atoms with Crippen LogP contribution in [0.2, 0.25) is 0 Å². The molecule has 8 aliphatic rings. The maximum Gasteiger partial charge on any atom is 0.135 e. The van der Waals surface area contributed by atoms with Crippen LogP contribution in [0.5, 0.6) is 11.5 Å². The molecule has 2 spiro atoms. The van der Waals surface area contributed by atoms with Crippen molar-refractivity contribution in [3.8, 4) is 11.5 Å². The van der Waals surface area contributed by atoms with Crippen molar-refractivity contribution in [2.75, 3.05) is 40.4 Å². The Morgan fingerprint density at radius 3 is 1.51 bits per heavy atom. The van der Waals surface area contributed by atoms with E-state index in [-0.39, 0.29) is 60.9 Å². The summed E-state index contributed by atoms with van der Waals surface area (Å²) in [7, 11) is 4.57. The fraction of sp³-hybridized carbons (Fsp3) is 0.700. The normalized spacial score (nSPS) is 37.3. The van der Waals surface area contributed by atoms with Gasteiger partial charge in [-0.1, -0.05) is 24.3 Å². The SMILES string of the molecule is CCO[C@H]1CCC2C3Cc4ccc(CO)c5c4[C@@]2(CCN3C)[C@H]1O5.CCO[C@H]1CCC2C3Cc4ccc(CO)c5c4[C@@]2(CCN3C)[C@H]1O5.Cl.NCl. The number of aliphatic hydroxyl groups is 2. The van der Waals surface area contributed by atoms with Gasteiger partial charge in [0.2, 0.25) is 0 Å². The van der Waals surface area contributed by atoms with Gasteiger partial charge in [0, 0.05) is 58.4 Å². The lowest BCUT2D eigenvalue weighted by Crippen LogP contribution is -2.66. The maximum atomic E-state index is 9.82. The maximum absolute atomic E-state index is 9.82. The number of hydrogen-bond acceptors (Lipinski definition) is 9. The van der Waals surface area contributed by atoms with Gasteiger partial charge in [-0.25, -0.2) is 5.25 Å². The third kappa shape index (κ3) is 5.27. The van der Waals surface area contributed by atoms with E-state index < -0.39 is 0 Å². The van der Waals surface area contributed by atoms with E-state index in [0.29, 0.717) is 23.9 Å². The van der Waals surface area contributed by atoms with Crippen molar-refractivity contribution >= 4 is 24.2 Å². The molecule has 2 saturated carbocycles. The molecule has 0 radical (unpaired) electrons. The number of likely N-dealkylation sites (tertiary alicyclic amines) is 2. The van der Waals surface area contributed by atoms with Crippen LogP contribution in [0.15, 0.2) is 24.3 Å². The molecule has 10 atom stereocenters. The number of nitrogens with two attached hydrogens (primary N) is 1. The number of nitrogens with zero attached hydrogens (tertiary/aromatic N) is 2. The minimum atomic E-state index is 0. The third-order valence-electron chi connectivity index (χ3n) is 14.4. The van der Waals surface area contributed by atoms with Crippen LogP contribution in [-0.4, -0.2) is 96.9 Å². The van der Waals surface area contributed by atoms with Crippen molar-refractivity contribution in [1.82, 2.24) is 9.80 Å². The Bertz CT molecular complexity index is 1480. The van der Waals surface area contributed by atoms with Crippen molar-refractivity contribution < 1.29 is 29.2 Å². The summed E-state index contributed by atoms with van der Waals surface area (Å²) in [5.41, 5.74) is 7.83. The largest absolute Gasteiger partial charge is 0.486 e. The molecule has 4 aliphatic carbocycles. The van der Waals surface area contributed by atoms with Gasteiger partial charge in [-0.3, -0.25) is 0 Å². The summed E-state index contributed by atoms with van der Waals surface area (Å²) in [6.07, 6.45) is 9.76. The van der Waals surface area contributed by atoms with Crippen LogP contribution in [0.1, 0.15) is 85.8 Å². The van der Waals surface area contributed by atoms with E-state index in [9.17, 15) is 10.2 Å². The Kier molecular flexibility index (Phi) is 10.7. The van der Waals surface area contributed by atoms with Crippen LogP contribution >= 0.6 is 24.2 Å². The first-order chi connectivity index (χ1) is 24.4. The molecular weight excluding hydrogens is 689 g/mol. The van der Waals surface area contributed by atoms with E-state index >= 15 is 0 Å². The fourth-order valence-corrected chi connectivity index (χ4v) is 12.5. The minimum Gasteiger partial charge on any atom is -0.486 e. The van der Waals surface area contributed by atoms with Crippen LogP contribution in [0.3, 0.4) is 0 Å². The fourth-order valence-electron chi connectivity index (χ4n) is 12.5. The Hall–Kier alpha value is -1.66. The molecule has 2 aromatic carbocycles. The van der Waals surface area contributed by atoms with E-state index in [1.54, 1.807) is 0 Å². The summed E-state index contributed by atoms with van der Waals surface area (Å²) in [5.74, 6) is 3.28. The van der Waals surface area contributed by atoms with Crippen LogP contribution < -0.4 is 14.7 Å². The summed E-state index contributed by atoms with van der Waals surface area (Å²) in [6, 6.07) is 9.84. The van der Waals surface area contributed by atoms with Gasteiger partial charge in [-0.15, -0.1) is 12.4 Å². The first-order valence-electron chi connectivity index (χ1n) is 19.1. The molecule has 4 aliphatic heterocycles. The summed E-state index contributed by atoms with van der Waals surface area (Å²) in [6.45, 7) is 8.00. The summed E-state index contributed by atoms with van der Waals surface area (Å²) >= 11 is 4.14. The zero-order valence-corrected chi connectivity index (χ0v) is 32.2. The second kappa shape index (κ2) is 14.5. The lowest BCUT2D eigenvalue weighted by molar-refractivity contribution is -0.120. The van der Waals surface area contributed by atoms with Crippen molar-refractivity contribution in [2.24, 2.45) is 17.1 Å². The van der Waals surface area contributed by atoms with Gasteiger partial charge in [0.25, 0.3) is 0 Å². The highest BCUT2D eigenvalue weighted by atomic mass is 35.5. The lowest BCUT2D eigenvalue weighted by atomic mass is 9.51. The zero-order valence-electron chi connectivity index (χ0n) is 30.6. The quantitative estimate of drug-likeness (QED) is 0.351. The number of benzene rings is 2. The van der Waals surface area contributed by atoms with E-state index in [0.717, 1.165) is 87.5 Å². The van der Waals surface area contributed by atoms with Crippen LogP contribution in [0.25, 0.3) is 0 Å². The molecule has 10 rings (SSSR count). The molecule has 2 aromatic rings. The Morgan fingerprint density at radius 2 is 1.14 bits per heavy atom. The third-order valence-corrected chi connectivity index (χ3v) is 14.4. The molecule has 282 valence electrons. The number of piperidine rings is 2. The first kappa shape index (κ1) is 37.6. The molecule has 4 bridgehead atoms. The Balaban J connectivity index is 0.000000149. The standard InChI is InChI=1S/2C20H27NO3.ClH2N.ClH/c2*1-3-23-16-7-6-14-15-10-12-4-5-13(11-22)18-17(12)20(14,19(16)24-18)8-9-21(15)2;1-2;/h2*4-5,14-16,19,22H,3,6-11H2,1-2H3;2H2;1H/t2*14?,15?,16-,19-,20-;;/m00../s1. The lowest BCUT2D eigenvalue weighted by Gasteiger charge is -2.58. The van der Waals surface area contributed by atoms with Crippen LogP contribution in [0, 0.1) is 11.8 Å². The molecular formula is C40H57Cl2N3O6. The molecule has 9 nitrogen and oxygen atoms in total. The monoisotopic (exact) mass is 745 g/mol. The molecule has 0 aromatic heterocycles. The van der Waals surface area contributed by atoms with Gasteiger partial charge in [0.1, 0.15) is 23.7 Å². The first-order valence-corrected chi connectivity index (χ1v) is 19.6. The number of halogens is 2. The molecule has 0 amide bonds. The van der Waals surface area contributed by atoms with Gasteiger partial charge in [-0.2, -0.15) is 0 Å². The molecule has 4 fully saturated rings. The average molecular weight is 747 g/mol. The predicted molar refractivity (Wildman–Crippen MR) is 200 cm³/mol. The highest BCUT2D eigenvalue weighted by Crippen LogP contribution is 2.64. The topological polar surface area (TPSA) is 110 Å². The smallest absolute Gasteiger partial charge is 0.135 e. The minimum absolute atomic E-state index is 0. The van der Waals surface area contributed by atoms with Gasteiger partial charge in [0.05, 0.1) is 25.4 Å². The van der Waals surface area contributed by atoms with Crippen molar-refractivity contribution in [3.63, 3.8) is 0 Å². The van der Waals surface area contributed by atoms with Crippen LogP contribution in [-0.2, 0) is 46.4 Å². The molecule has 11 heteroatoms. The van der Waals surface area contributed by atoms with E-state index in [2.05, 4.69) is 79.0 Å². The van der Waals surface area contributed by atoms with Crippen molar-refractivity contribution in [1.29, 1.82) is 0 Å². The summed E-state index contributed by atoms with van der Waals surface area (Å²) in [4.78, 5) is 5.13. The summed E-state index contributed by atoms with van der Waals surface area (Å²) < 4.78 is 25.4. The molecule has 4 N–H and O–H groups in total. The highest BCUT2D eigenvalue weighted by Gasteiger charge is 2.67. The summed E-state index contributed by atoms with van der Waals surface area (Å²) in [5, 5.41) is 23.6. The van der Waals surface area contributed by atoms with Crippen molar-refractivity contribution in [2.45, 2.75) is 126 Å². The van der Waals surface area contributed by atoms with Gasteiger partial charge < -0.3 is 39.0 Å². The number of ether oxygens (including phenoxy) is 4. The van der Waals surface area contributed by atoms with E-state index in [4.69, 9.17) is 18.9 Å². The van der Waals surface area contributed by atoms with E-state index in [1.165, 1.54) is 35.1 Å². The van der Waals surface area contributed by atoms with Gasteiger partial charge in [0.15, 0.2) is 0 Å². The Labute approximate surface area is 314 Å². The second-order valence-electron chi connectivity index (χ2n) is 16.0. The molecule has 2 saturated heterocycles. The number of hydrogen-bond donors (Lipinski definition) is 3. The number of likely N-dealkylation sites (N-methyl/N-ethyl adjacent to an activating group) is 2. The van der Waals surface area contributed by atoms with Crippen molar-refractivity contribution in [3.05, 3.63) is 57.6 Å². The van der Waals surface area contributed by atoms with E-state index in [1.807, 2.05) is 0 Å². The average Bonchev–Trinajstić information content (AvgIpc) is 3.68. The van der Waals surface area contributed by atoms with Gasteiger partial charge in [-0.05, 0) is 127 Å².